The van der Waals surface area contributed by atoms with Gasteiger partial charge in [0.15, 0.2) is 0 Å². The van der Waals surface area contributed by atoms with Gasteiger partial charge in [0.25, 0.3) is 0 Å². The molecule has 1 aliphatic carbocycles. The molecule has 1 N–H and O–H groups in total. The average Bonchev–Trinajstić information content (AvgIpc) is 2.78. The summed E-state index contributed by atoms with van der Waals surface area (Å²) in [7, 11) is 1.56. The number of benzene rings is 1. The van der Waals surface area contributed by atoms with Gasteiger partial charge in [-0.1, -0.05) is 30.5 Å². The van der Waals surface area contributed by atoms with Crippen LogP contribution in [0.3, 0.4) is 0 Å². The van der Waals surface area contributed by atoms with E-state index in [1.165, 1.54) is 12.1 Å². The van der Waals surface area contributed by atoms with Crippen molar-refractivity contribution in [3.05, 3.63) is 34.6 Å². The molecule has 1 saturated carbocycles. The molecule has 0 amide bonds. The van der Waals surface area contributed by atoms with E-state index in [-0.39, 0.29) is 10.6 Å². The van der Waals surface area contributed by atoms with Gasteiger partial charge >= 0.3 is 0 Å². The minimum absolute atomic E-state index is 0.151. The van der Waals surface area contributed by atoms with Crippen molar-refractivity contribution in [1.29, 1.82) is 0 Å². The Morgan fingerprint density at radius 3 is 2.59 bits per heavy atom. The van der Waals surface area contributed by atoms with Crippen LogP contribution in [0.15, 0.2) is 18.2 Å². The number of aliphatic hydroxyl groups is 1. The van der Waals surface area contributed by atoms with Gasteiger partial charge in [-0.15, -0.1) is 0 Å². The minimum Gasteiger partial charge on any atom is -0.385 e. The molecule has 0 radical (unpaired) electrons. The molecular formula is C13H16ClFO2. The van der Waals surface area contributed by atoms with Crippen LogP contribution in [-0.2, 0) is 4.74 Å². The number of hydrogen-bond acceptors (Lipinski definition) is 2. The largest absolute Gasteiger partial charge is 0.385 e. The van der Waals surface area contributed by atoms with Crippen LogP contribution in [0, 0.1) is 5.82 Å². The Bertz CT molecular complexity index is 382. The van der Waals surface area contributed by atoms with Crippen molar-refractivity contribution in [2.75, 3.05) is 7.11 Å². The fourth-order valence-electron chi connectivity index (χ4n) is 2.60. The van der Waals surface area contributed by atoms with E-state index in [4.69, 9.17) is 16.3 Å². The quantitative estimate of drug-likeness (QED) is 0.900. The van der Waals surface area contributed by atoms with Crippen molar-refractivity contribution >= 4 is 11.6 Å². The van der Waals surface area contributed by atoms with Crippen molar-refractivity contribution < 1.29 is 14.2 Å². The number of rotatable bonds is 3. The molecule has 94 valence electrons. The maximum atomic E-state index is 13.8. The predicted octanol–water partition coefficient (Wildman–Crippen LogP) is 3.47. The lowest BCUT2D eigenvalue weighted by Crippen LogP contribution is -2.36. The molecule has 0 aromatic heterocycles. The third-order valence-electron chi connectivity index (χ3n) is 3.63. The Labute approximate surface area is 105 Å². The van der Waals surface area contributed by atoms with Gasteiger partial charge in [0.05, 0.1) is 5.60 Å². The highest BCUT2D eigenvalue weighted by molar-refractivity contribution is 6.31. The summed E-state index contributed by atoms with van der Waals surface area (Å²) < 4.78 is 19.2. The molecule has 1 aliphatic rings. The van der Waals surface area contributed by atoms with E-state index in [1.54, 1.807) is 13.2 Å². The third kappa shape index (κ3) is 2.19. The maximum Gasteiger partial charge on any atom is 0.130 e. The van der Waals surface area contributed by atoms with E-state index in [0.717, 1.165) is 25.7 Å². The van der Waals surface area contributed by atoms with Crippen LogP contribution in [-0.4, -0.2) is 17.8 Å². The first-order valence-electron chi connectivity index (χ1n) is 5.78. The van der Waals surface area contributed by atoms with Crippen molar-refractivity contribution in [1.82, 2.24) is 0 Å². The third-order valence-corrected chi connectivity index (χ3v) is 3.96. The molecule has 1 atom stereocenters. The summed E-state index contributed by atoms with van der Waals surface area (Å²) in [6.07, 6.45) is 2.42. The highest BCUT2D eigenvalue weighted by atomic mass is 35.5. The second-order valence-corrected chi connectivity index (χ2v) is 4.92. The van der Waals surface area contributed by atoms with Crippen molar-refractivity contribution in [2.45, 2.75) is 37.4 Å². The van der Waals surface area contributed by atoms with E-state index < -0.39 is 17.5 Å². The smallest absolute Gasteiger partial charge is 0.130 e. The van der Waals surface area contributed by atoms with Crippen molar-refractivity contribution in [3.63, 3.8) is 0 Å². The monoisotopic (exact) mass is 258 g/mol. The Morgan fingerprint density at radius 2 is 2.06 bits per heavy atom. The first-order chi connectivity index (χ1) is 8.10. The van der Waals surface area contributed by atoms with Gasteiger partial charge in [0.2, 0.25) is 0 Å². The fraction of sp³-hybridized carbons (Fsp3) is 0.538. The van der Waals surface area contributed by atoms with Crippen LogP contribution in [0.4, 0.5) is 4.39 Å². The summed E-state index contributed by atoms with van der Waals surface area (Å²) >= 11 is 5.97. The lowest BCUT2D eigenvalue weighted by atomic mass is 9.89. The molecule has 0 heterocycles. The van der Waals surface area contributed by atoms with Crippen LogP contribution in [0.2, 0.25) is 5.02 Å². The first-order valence-corrected chi connectivity index (χ1v) is 6.15. The lowest BCUT2D eigenvalue weighted by Gasteiger charge is -2.33. The van der Waals surface area contributed by atoms with Crippen molar-refractivity contribution in [3.8, 4) is 0 Å². The molecule has 0 aliphatic heterocycles. The Morgan fingerprint density at radius 1 is 1.41 bits per heavy atom. The van der Waals surface area contributed by atoms with Crippen LogP contribution in [0.1, 0.15) is 37.4 Å². The zero-order valence-electron chi connectivity index (χ0n) is 9.75. The molecule has 0 bridgehead atoms. The van der Waals surface area contributed by atoms with Gasteiger partial charge in [0.1, 0.15) is 11.9 Å². The van der Waals surface area contributed by atoms with Crippen LogP contribution < -0.4 is 0 Å². The Kier molecular flexibility index (Phi) is 3.71. The van der Waals surface area contributed by atoms with Gasteiger partial charge in [-0.2, -0.15) is 0 Å². The van der Waals surface area contributed by atoms with Crippen molar-refractivity contribution in [2.24, 2.45) is 0 Å². The second-order valence-electron chi connectivity index (χ2n) is 4.51. The molecule has 1 fully saturated rings. The Balaban J connectivity index is 2.39. The van der Waals surface area contributed by atoms with E-state index in [2.05, 4.69) is 0 Å². The summed E-state index contributed by atoms with van der Waals surface area (Å²) in [6, 6.07) is 4.42. The van der Waals surface area contributed by atoms with E-state index in [0.29, 0.717) is 0 Å². The minimum atomic E-state index is -1.01. The van der Waals surface area contributed by atoms with E-state index >= 15 is 0 Å². The zero-order chi connectivity index (χ0) is 12.5. The zero-order valence-corrected chi connectivity index (χ0v) is 10.5. The van der Waals surface area contributed by atoms with Gasteiger partial charge < -0.3 is 9.84 Å². The molecule has 2 nitrogen and oxygen atoms in total. The summed E-state index contributed by atoms with van der Waals surface area (Å²) in [5.41, 5.74) is -0.538. The predicted molar refractivity (Wildman–Crippen MR) is 64.6 cm³/mol. The molecule has 17 heavy (non-hydrogen) atoms. The fourth-order valence-corrected chi connectivity index (χ4v) is 2.86. The highest BCUT2D eigenvalue weighted by Crippen LogP contribution is 2.44. The van der Waals surface area contributed by atoms with Crippen LogP contribution in [0.25, 0.3) is 0 Å². The molecule has 2 rings (SSSR count). The molecule has 0 saturated heterocycles. The van der Waals surface area contributed by atoms with Gasteiger partial charge in [0, 0.05) is 17.7 Å². The number of hydrogen-bond donors (Lipinski definition) is 1. The number of methoxy groups -OCH3 is 1. The van der Waals surface area contributed by atoms with Crippen LogP contribution in [0.5, 0.6) is 0 Å². The highest BCUT2D eigenvalue weighted by Gasteiger charge is 2.43. The topological polar surface area (TPSA) is 29.5 Å². The van der Waals surface area contributed by atoms with Crippen LogP contribution >= 0.6 is 11.6 Å². The maximum absolute atomic E-state index is 13.8. The summed E-state index contributed by atoms with van der Waals surface area (Å²) in [5, 5.41) is 10.6. The normalized spacial score (nSPS) is 20.5. The standard InChI is InChI=1S/C13H16ClFO2/c1-17-13(7-2-3-8-13)12(16)11-9(14)5-4-6-10(11)15/h4-6,12,16H,2-3,7-8H2,1H3. The molecule has 0 spiro atoms. The van der Waals surface area contributed by atoms with Gasteiger partial charge in [-0.05, 0) is 25.0 Å². The SMILES string of the molecule is COC1(C(O)c2c(F)cccc2Cl)CCCC1. The molecule has 1 unspecified atom stereocenters. The molecule has 4 heteroatoms. The van der Waals surface area contributed by atoms with E-state index in [9.17, 15) is 9.50 Å². The Hall–Kier alpha value is -0.640. The first kappa shape index (κ1) is 12.8. The number of halogens is 2. The number of aliphatic hydroxyl groups excluding tert-OH is 1. The average molecular weight is 259 g/mol. The molecule has 1 aromatic rings. The van der Waals surface area contributed by atoms with Gasteiger partial charge in [-0.3, -0.25) is 0 Å². The lowest BCUT2D eigenvalue weighted by molar-refractivity contribution is -0.101. The van der Waals surface area contributed by atoms with E-state index in [1.807, 2.05) is 0 Å². The molecular weight excluding hydrogens is 243 g/mol. The summed E-state index contributed by atoms with van der Waals surface area (Å²) in [6.45, 7) is 0. The van der Waals surface area contributed by atoms with Gasteiger partial charge in [-0.25, -0.2) is 4.39 Å². The number of ether oxygens (including phenoxy) is 1. The molecule has 1 aromatic carbocycles. The second kappa shape index (κ2) is 4.92. The summed E-state index contributed by atoms with van der Waals surface area (Å²) in [5.74, 6) is -0.478. The summed E-state index contributed by atoms with van der Waals surface area (Å²) in [4.78, 5) is 0.